The number of ether oxygens (including phenoxy) is 1. The highest BCUT2D eigenvalue weighted by Gasteiger charge is 2.19. The van der Waals surface area contributed by atoms with Crippen molar-refractivity contribution in [2.75, 3.05) is 38.1 Å². The Morgan fingerprint density at radius 2 is 2.53 bits per heavy atom. The number of rotatable bonds is 5. The van der Waals surface area contributed by atoms with E-state index in [1.165, 1.54) is 18.3 Å². The largest absolute Gasteiger partial charge is 0.478 e. The zero-order valence-corrected chi connectivity index (χ0v) is 11.0. The van der Waals surface area contributed by atoms with Gasteiger partial charge in [-0.15, -0.1) is 0 Å². The third-order valence-corrected chi connectivity index (χ3v) is 3.19. The molecule has 1 unspecified atom stereocenters. The second kappa shape index (κ2) is 6.49. The molecule has 0 bridgehead atoms. The van der Waals surface area contributed by atoms with Crippen LogP contribution in [0.5, 0.6) is 0 Å². The molecule has 1 fully saturated rings. The number of hydrogen-bond acceptors (Lipinski definition) is 5. The van der Waals surface area contributed by atoms with Gasteiger partial charge in [0.1, 0.15) is 5.82 Å². The quantitative estimate of drug-likeness (QED) is 0.824. The van der Waals surface area contributed by atoms with Crippen molar-refractivity contribution in [3.05, 3.63) is 23.9 Å². The molecule has 0 saturated carbocycles. The van der Waals surface area contributed by atoms with Crippen LogP contribution in [0.1, 0.15) is 17.3 Å². The molecule has 0 aromatic carbocycles. The van der Waals surface area contributed by atoms with E-state index in [-0.39, 0.29) is 11.7 Å². The minimum atomic E-state index is -0.948. The van der Waals surface area contributed by atoms with Crippen molar-refractivity contribution in [3.63, 3.8) is 0 Å². The van der Waals surface area contributed by atoms with Gasteiger partial charge in [-0.2, -0.15) is 0 Å². The predicted octanol–water partition coefficient (Wildman–Crippen LogP) is 0.912. The van der Waals surface area contributed by atoms with E-state index in [0.717, 1.165) is 26.2 Å². The molecule has 2 N–H and O–H groups in total. The number of nitrogens with one attached hydrogen (secondary N) is 1. The van der Waals surface area contributed by atoms with E-state index in [1.807, 2.05) is 0 Å². The average Bonchev–Trinajstić information content (AvgIpc) is 2.45. The number of carboxylic acids is 1. The third-order valence-electron chi connectivity index (χ3n) is 3.19. The normalized spacial score (nSPS) is 20.2. The molecule has 1 aromatic rings. The highest BCUT2D eigenvalue weighted by molar-refractivity contribution is 5.88. The van der Waals surface area contributed by atoms with Crippen molar-refractivity contribution in [1.82, 2.24) is 9.88 Å². The molecule has 0 spiro atoms. The number of aromatic nitrogens is 1. The Morgan fingerprint density at radius 3 is 3.26 bits per heavy atom. The molecule has 1 aliphatic rings. The van der Waals surface area contributed by atoms with Gasteiger partial charge in [-0.3, -0.25) is 4.90 Å². The Labute approximate surface area is 112 Å². The minimum absolute atomic E-state index is 0.115. The molecule has 2 rings (SSSR count). The molecule has 1 atom stereocenters. The SMILES string of the molecule is CCN1CCOC(CNc2cc(C(=O)O)ccn2)C1. The zero-order valence-electron chi connectivity index (χ0n) is 11.0. The maximum Gasteiger partial charge on any atom is 0.335 e. The summed E-state index contributed by atoms with van der Waals surface area (Å²) in [5.41, 5.74) is 0.234. The highest BCUT2D eigenvalue weighted by atomic mass is 16.5. The molecule has 1 aromatic heterocycles. The number of carbonyl (C=O) groups is 1. The summed E-state index contributed by atoms with van der Waals surface area (Å²) in [5.74, 6) is -0.381. The second-order valence-electron chi connectivity index (χ2n) is 4.50. The van der Waals surface area contributed by atoms with Crippen molar-refractivity contribution in [1.29, 1.82) is 0 Å². The lowest BCUT2D eigenvalue weighted by Gasteiger charge is -2.32. The summed E-state index contributed by atoms with van der Waals surface area (Å²) in [6.07, 6.45) is 1.61. The molecule has 6 nitrogen and oxygen atoms in total. The molecule has 0 amide bonds. The maximum absolute atomic E-state index is 10.9. The summed E-state index contributed by atoms with van der Waals surface area (Å²) >= 11 is 0. The van der Waals surface area contributed by atoms with Crippen LogP contribution in [0.3, 0.4) is 0 Å². The Morgan fingerprint density at radius 1 is 1.68 bits per heavy atom. The number of morpholine rings is 1. The minimum Gasteiger partial charge on any atom is -0.478 e. The van der Waals surface area contributed by atoms with Gasteiger partial charge in [0, 0.05) is 25.8 Å². The molecular weight excluding hydrogens is 246 g/mol. The van der Waals surface area contributed by atoms with Crippen LogP contribution in [0.2, 0.25) is 0 Å². The number of aromatic carboxylic acids is 1. The standard InChI is InChI=1S/C13H19N3O3/c1-2-16-5-6-19-11(9-16)8-15-12-7-10(13(17)18)3-4-14-12/h3-4,7,11H,2,5-6,8-9H2,1H3,(H,14,15)(H,17,18). The van der Waals surface area contributed by atoms with Gasteiger partial charge >= 0.3 is 5.97 Å². The summed E-state index contributed by atoms with van der Waals surface area (Å²) in [6, 6.07) is 3.01. The van der Waals surface area contributed by atoms with Crippen LogP contribution in [0.4, 0.5) is 5.82 Å². The van der Waals surface area contributed by atoms with Gasteiger partial charge in [0.15, 0.2) is 0 Å². The molecule has 0 aliphatic carbocycles. The zero-order chi connectivity index (χ0) is 13.7. The van der Waals surface area contributed by atoms with Crippen molar-refractivity contribution in [3.8, 4) is 0 Å². The molecule has 2 heterocycles. The fourth-order valence-electron chi connectivity index (χ4n) is 2.07. The summed E-state index contributed by atoms with van der Waals surface area (Å²) in [7, 11) is 0. The number of nitrogens with zero attached hydrogens (tertiary/aromatic N) is 2. The fourth-order valence-corrected chi connectivity index (χ4v) is 2.07. The van der Waals surface area contributed by atoms with Gasteiger partial charge in [-0.1, -0.05) is 6.92 Å². The number of anilines is 1. The first-order chi connectivity index (χ1) is 9.19. The maximum atomic E-state index is 10.9. The van der Waals surface area contributed by atoms with E-state index >= 15 is 0 Å². The smallest absolute Gasteiger partial charge is 0.335 e. The van der Waals surface area contributed by atoms with E-state index in [1.54, 1.807) is 0 Å². The first kappa shape index (κ1) is 13.8. The van der Waals surface area contributed by atoms with Gasteiger partial charge in [-0.05, 0) is 18.7 Å². The molecule has 19 heavy (non-hydrogen) atoms. The molecular formula is C13H19N3O3. The van der Waals surface area contributed by atoms with E-state index in [0.29, 0.717) is 12.4 Å². The lowest BCUT2D eigenvalue weighted by molar-refractivity contribution is -0.0192. The summed E-state index contributed by atoms with van der Waals surface area (Å²) in [5, 5.41) is 12.0. The number of likely N-dealkylation sites (N-methyl/N-ethyl adjacent to an activating group) is 1. The van der Waals surface area contributed by atoms with Crippen LogP contribution in [-0.2, 0) is 4.74 Å². The van der Waals surface area contributed by atoms with E-state index < -0.39 is 5.97 Å². The second-order valence-corrected chi connectivity index (χ2v) is 4.50. The van der Waals surface area contributed by atoms with Crippen LogP contribution in [0.15, 0.2) is 18.3 Å². The van der Waals surface area contributed by atoms with Crippen molar-refractivity contribution in [2.45, 2.75) is 13.0 Å². The van der Waals surface area contributed by atoms with E-state index in [4.69, 9.17) is 9.84 Å². The van der Waals surface area contributed by atoms with Crippen LogP contribution in [0.25, 0.3) is 0 Å². The van der Waals surface area contributed by atoms with Crippen LogP contribution in [-0.4, -0.2) is 59.8 Å². The number of carboxylic acid groups (broad SMARTS) is 1. The summed E-state index contributed by atoms with van der Waals surface area (Å²) < 4.78 is 5.66. The van der Waals surface area contributed by atoms with Gasteiger partial charge in [0.05, 0.1) is 18.3 Å². The number of hydrogen-bond donors (Lipinski definition) is 2. The lowest BCUT2D eigenvalue weighted by Crippen LogP contribution is -2.45. The van der Waals surface area contributed by atoms with Crippen LogP contribution >= 0.6 is 0 Å². The lowest BCUT2D eigenvalue weighted by atomic mass is 10.2. The molecule has 1 aliphatic heterocycles. The Hall–Kier alpha value is -1.66. The van der Waals surface area contributed by atoms with Gasteiger partial charge in [0.2, 0.25) is 0 Å². The van der Waals surface area contributed by atoms with Gasteiger partial charge < -0.3 is 15.2 Å². The van der Waals surface area contributed by atoms with Gasteiger partial charge in [0.25, 0.3) is 0 Å². The average molecular weight is 265 g/mol. The van der Waals surface area contributed by atoms with Crippen LogP contribution < -0.4 is 5.32 Å². The van der Waals surface area contributed by atoms with E-state index in [9.17, 15) is 4.79 Å². The Bertz CT molecular complexity index is 439. The third kappa shape index (κ3) is 3.90. The first-order valence-electron chi connectivity index (χ1n) is 6.46. The molecule has 104 valence electrons. The van der Waals surface area contributed by atoms with Gasteiger partial charge in [-0.25, -0.2) is 9.78 Å². The Balaban J connectivity index is 1.88. The summed E-state index contributed by atoms with van der Waals surface area (Å²) in [4.78, 5) is 17.3. The molecule has 6 heteroatoms. The van der Waals surface area contributed by atoms with Crippen molar-refractivity contribution in [2.24, 2.45) is 0 Å². The highest BCUT2D eigenvalue weighted by Crippen LogP contribution is 2.09. The topological polar surface area (TPSA) is 74.7 Å². The predicted molar refractivity (Wildman–Crippen MR) is 71.5 cm³/mol. The Kier molecular flexibility index (Phi) is 4.70. The summed E-state index contributed by atoms with van der Waals surface area (Å²) in [6.45, 7) is 6.39. The molecule has 0 radical (unpaired) electrons. The molecule has 1 saturated heterocycles. The van der Waals surface area contributed by atoms with E-state index in [2.05, 4.69) is 22.1 Å². The first-order valence-corrected chi connectivity index (χ1v) is 6.46. The van der Waals surface area contributed by atoms with Crippen molar-refractivity contribution < 1.29 is 14.6 Å². The van der Waals surface area contributed by atoms with Crippen molar-refractivity contribution >= 4 is 11.8 Å². The fraction of sp³-hybridized carbons (Fsp3) is 0.538. The van der Waals surface area contributed by atoms with Crippen LogP contribution in [0, 0.1) is 0 Å². The monoisotopic (exact) mass is 265 g/mol. The number of pyridine rings is 1.